The fourth-order valence-corrected chi connectivity index (χ4v) is 4.07. The number of hydrogen-bond acceptors (Lipinski definition) is 5. The molecule has 1 atom stereocenters. The third-order valence-corrected chi connectivity index (χ3v) is 5.71. The first-order valence-electron chi connectivity index (χ1n) is 9.30. The molecule has 1 aromatic carbocycles. The van der Waals surface area contributed by atoms with Gasteiger partial charge in [0, 0.05) is 57.9 Å². The van der Waals surface area contributed by atoms with Crippen LogP contribution in [0.4, 0.5) is 5.69 Å². The van der Waals surface area contributed by atoms with Gasteiger partial charge in [-0.25, -0.2) is 4.68 Å². The molecule has 0 bridgehead atoms. The Balaban J connectivity index is 1.43. The Morgan fingerprint density at radius 2 is 1.92 bits per heavy atom. The van der Waals surface area contributed by atoms with E-state index in [1.54, 1.807) is 19.3 Å². The lowest BCUT2D eigenvalue weighted by Gasteiger charge is -2.40. The van der Waals surface area contributed by atoms with Crippen LogP contribution >= 0.6 is 0 Å². The van der Waals surface area contributed by atoms with E-state index in [2.05, 4.69) is 45.2 Å². The van der Waals surface area contributed by atoms with Gasteiger partial charge in [0.05, 0.1) is 18.5 Å². The molecule has 0 N–H and O–H groups in total. The highest BCUT2D eigenvalue weighted by molar-refractivity contribution is 5.43. The second kappa shape index (κ2) is 7.21. The molecule has 4 rings (SSSR count). The maximum Gasteiger partial charge on any atom is 0.268 e. The van der Waals surface area contributed by atoms with Crippen molar-refractivity contribution in [2.45, 2.75) is 11.8 Å². The minimum Gasteiger partial charge on any atom is -0.380 e. The summed E-state index contributed by atoms with van der Waals surface area (Å²) in [5, 5.41) is 4.14. The molecule has 0 aliphatic carbocycles. The molecular formula is C20H26N4O2. The van der Waals surface area contributed by atoms with E-state index in [1.165, 1.54) is 10.2 Å². The smallest absolute Gasteiger partial charge is 0.268 e. The molecule has 2 aliphatic rings. The van der Waals surface area contributed by atoms with Gasteiger partial charge in [-0.05, 0) is 12.0 Å². The van der Waals surface area contributed by atoms with Crippen LogP contribution in [-0.2, 0) is 17.2 Å². The molecule has 2 fully saturated rings. The highest BCUT2D eigenvalue weighted by atomic mass is 16.5. The van der Waals surface area contributed by atoms with E-state index in [9.17, 15) is 4.79 Å². The number of rotatable bonds is 4. The first-order chi connectivity index (χ1) is 12.7. The van der Waals surface area contributed by atoms with Crippen molar-refractivity contribution in [3.63, 3.8) is 0 Å². The molecule has 0 amide bonds. The molecule has 1 aromatic heterocycles. The zero-order chi connectivity index (χ0) is 18.0. The molecule has 6 heteroatoms. The summed E-state index contributed by atoms with van der Waals surface area (Å²) in [6.07, 6.45) is 2.86. The van der Waals surface area contributed by atoms with E-state index < -0.39 is 0 Å². The zero-order valence-corrected chi connectivity index (χ0v) is 15.3. The first kappa shape index (κ1) is 17.2. The lowest BCUT2D eigenvalue weighted by molar-refractivity contribution is 0.147. The predicted octanol–water partition coefficient (Wildman–Crippen LogP) is 1.26. The number of aryl methyl sites for hydroxylation is 1. The molecule has 6 nitrogen and oxygen atoms in total. The molecular weight excluding hydrogens is 328 g/mol. The Morgan fingerprint density at radius 1 is 1.15 bits per heavy atom. The molecule has 0 saturated carbocycles. The summed E-state index contributed by atoms with van der Waals surface area (Å²) in [5.41, 5.74) is 2.36. The number of ether oxygens (including phenoxy) is 1. The van der Waals surface area contributed by atoms with E-state index >= 15 is 0 Å². The standard InChI is InChI=1S/C20H26N4O2/c1-22-19(25)13-18(14-21-22)24-10-8-23(9-11-24)15-20(7-12-26-16-20)17-5-3-2-4-6-17/h2-6,13-14H,7-12,15-16H2,1H3. The second-order valence-corrected chi connectivity index (χ2v) is 7.39. The Hall–Kier alpha value is -2.18. The van der Waals surface area contributed by atoms with Gasteiger partial charge in [-0.15, -0.1) is 0 Å². The third kappa shape index (κ3) is 3.39. The van der Waals surface area contributed by atoms with E-state index in [0.29, 0.717) is 0 Å². The van der Waals surface area contributed by atoms with Crippen molar-refractivity contribution in [1.82, 2.24) is 14.7 Å². The van der Waals surface area contributed by atoms with Crippen molar-refractivity contribution in [2.75, 3.05) is 50.8 Å². The molecule has 1 unspecified atom stereocenters. The van der Waals surface area contributed by atoms with Gasteiger partial charge < -0.3 is 9.64 Å². The quantitative estimate of drug-likeness (QED) is 0.827. The van der Waals surface area contributed by atoms with Crippen molar-refractivity contribution in [1.29, 1.82) is 0 Å². The number of aromatic nitrogens is 2. The van der Waals surface area contributed by atoms with Gasteiger partial charge in [-0.3, -0.25) is 9.69 Å². The monoisotopic (exact) mass is 354 g/mol. The van der Waals surface area contributed by atoms with Crippen LogP contribution in [0.1, 0.15) is 12.0 Å². The summed E-state index contributed by atoms with van der Waals surface area (Å²) in [6.45, 7) is 6.48. The maximum absolute atomic E-state index is 11.8. The van der Waals surface area contributed by atoms with Crippen molar-refractivity contribution < 1.29 is 4.74 Å². The normalized spacial score (nSPS) is 24.1. The van der Waals surface area contributed by atoms with Crippen molar-refractivity contribution in [2.24, 2.45) is 7.05 Å². The molecule has 2 saturated heterocycles. The third-order valence-electron chi connectivity index (χ3n) is 5.71. The fourth-order valence-electron chi connectivity index (χ4n) is 4.07. The van der Waals surface area contributed by atoms with Gasteiger partial charge in [0.1, 0.15) is 0 Å². The van der Waals surface area contributed by atoms with Gasteiger partial charge in [0.15, 0.2) is 0 Å². The zero-order valence-electron chi connectivity index (χ0n) is 15.3. The Morgan fingerprint density at radius 3 is 2.58 bits per heavy atom. The predicted molar refractivity (Wildman–Crippen MR) is 102 cm³/mol. The highest BCUT2D eigenvalue weighted by Crippen LogP contribution is 2.34. The minimum absolute atomic E-state index is 0.0592. The number of nitrogens with zero attached hydrogens (tertiary/aromatic N) is 4. The topological polar surface area (TPSA) is 50.6 Å². The van der Waals surface area contributed by atoms with Gasteiger partial charge >= 0.3 is 0 Å². The number of hydrogen-bond donors (Lipinski definition) is 0. The molecule has 2 aromatic rings. The minimum atomic E-state index is -0.0592. The number of piperazine rings is 1. The Bertz CT molecular complexity index is 791. The summed E-state index contributed by atoms with van der Waals surface area (Å²) in [5.74, 6) is 0. The fraction of sp³-hybridized carbons (Fsp3) is 0.500. The Kier molecular flexibility index (Phi) is 4.78. The molecule has 3 heterocycles. The van der Waals surface area contributed by atoms with Crippen LogP contribution in [0.3, 0.4) is 0 Å². The van der Waals surface area contributed by atoms with Gasteiger partial charge in [0.25, 0.3) is 5.56 Å². The molecule has 138 valence electrons. The van der Waals surface area contributed by atoms with Gasteiger partial charge in [-0.2, -0.15) is 5.10 Å². The number of anilines is 1. The highest BCUT2D eigenvalue weighted by Gasteiger charge is 2.38. The second-order valence-electron chi connectivity index (χ2n) is 7.39. The van der Waals surface area contributed by atoms with Crippen LogP contribution in [0.5, 0.6) is 0 Å². The average molecular weight is 354 g/mol. The summed E-state index contributed by atoms with van der Waals surface area (Å²) in [7, 11) is 1.68. The van der Waals surface area contributed by atoms with Crippen LogP contribution in [0.15, 0.2) is 47.4 Å². The van der Waals surface area contributed by atoms with Crippen LogP contribution in [0.25, 0.3) is 0 Å². The molecule has 2 aliphatic heterocycles. The SMILES string of the molecule is Cn1ncc(N2CCN(CC3(c4ccccc4)CCOC3)CC2)cc1=O. The van der Waals surface area contributed by atoms with Crippen molar-refractivity contribution in [3.05, 3.63) is 58.5 Å². The summed E-state index contributed by atoms with van der Waals surface area (Å²) in [4.78, 5) is 16.6. The molecule has 26 heavy (non-hydrogen) atoms. The van der Waals surface area contributed by atoms with E-state index in [0.717, 1.165) is 58.0 Å². The van der Waals surface area contributed by atoms with Gasteiger partial charge in [0.2, 0.25) is 0 Å². The van der Waals surface area contributed by atoms with E-state index in [1.807, 2.05) is 0 Å². The summed E-state index contributed by atoms with van der Waals surface area (Å²) < 4.78 is 7.15. The molecule has 0 spiro atoms. The van der Waals surface area contributed by atoms with Crippen LogP contribution < -0.4 is 10.5 Å². The Labute approximate surface area is 154 Å². The van der Waals surface area contributed by atoms with Gasteiger partial charge in [-0.1, -0.05) is 30.3 Å². The summed E-state index contributed by atoms with van der Waals surface area (Å²) >= 11 is 0. The number of benzene rings is 1. The van der Waals surface area contributed by atoms with Crippen molar-refractivity contribution in [3.8, 4) is 0 Å². The lowest BCUT2D eigenvalue weighted by atomic mass is 9.79. The first-order valence-corrected chi connectivity index (χ1v) is 9.30. The molecule has 0 radical (unpaired) electrons. The van der Waals surface area contributed by atoms with Crippen LogP contribution in [0, 0.1) is 0 Å². The van der Waals surface area contributed by atoms with Crippen molar-refractivity contribution >= 4 is 5.69 Å². The van der Waals surface area contributed by atoms with E-state index in [-0.39, 0.29) is 11.0 Å². The van der Waals surface area contributed by atoms with E-state index in [4.69, 9.17) is 4.74 Å². The van der Waals surface area contributed by atoms with Crippen LogP contribution in [0.2, 0.25) is 0 Å². The van der Waals surface area contributed by atoms with Crippen LogP contribution in [-0.4, -0.2) is 60.6 Å². The summed E-state index contributed by atoms with van der Waals surface area (Å²) in [6, 6.07) is 12.5. The average Bonchev–Trinajstić information content (AvgIpc) is 3.15. The maximum atomic E-state index is 11.8. The lowest BCUT2D eigenvalue weighted by Crippen LogP contribution is -2.51. The largest absolute Gasteiger partial charge is 0.380 e.